The summed E-state index contributed by atoms with van der Waals surface area (Å²) in [5, 5.41) is 16.6. The summed E-state index contributed by atoms with van der Waals surface area (Å²) >= 11 is 1.59. The van der Waals surface area contributed by atoms with Crippen molar-refractivity contribution in [3.05, 3.63) is 41.0 Å². The van der Waals surface area contributed by atoms with E-state index in [9.17, 15) is 24.3 Å². The Bertz CT molecular complexity index is 1570. The van der Waals surface area contributed by atoms with Gasteiger partial charge < -0.3 is 30.3 Å². The Morgan fingerprint density at radius 3 is 2.21 bits per heavy atom. The average Bonchev–Trinajstić information content (AvgIpc) is 3.66. The molecule has 0 aliphatic carbocycles. The summed E-state index contributed by atoms with van der Waals surface area (Å²) < 4.78 is 5.52. The number of carbonyl (C=O) groups is 4. The molecule has 286 valence electrons. The monoisotopic (exact) mass is 738 g/mol. The second-order valence-corrected chi connectivity index (χ2v) is 17.9. The number of aliphatic hydroxyl groups is 1. The molecular formula is C39H58N6O6S. The number of amides is 4. The largest absolute Gasteiger partial charge is 0.444 e. The minimum atomic E-state index is -0.868. The third-order valence-electron chi connectivity index (χ3n) is 10.4. The number of likely N-dealkylation sites (tertiary alicyclic amines) is 3. The molecule has 2 aromatic rings. The van der Waals surface area contributed by atoms with Crippen LogP contribution in [0, 0.1) is 24.2 Å². The number of ether oxygens (including phenoxy) is 1. The molecule has 3 saturated heterocycles. The van der Waals surface area contributed by atoms with Gasteiger partial charge in [0.05, 0.1) is 34.8 Å². The molecule has 4 heterocycles. The molecule has 4 amide bonds. The van der Waals surface area contributed by atoms with Crippen LogP contribution in [-0.4, -0.2) is 112 Å². The zero-order chi connectivity index (χ0) is 38.0. The highest BCUT2D eigenvalue weighted by Gasteiger charge is 2.45. The molecule has 0 saturated carbocycles. The van der Waals surface area contributed by atoms with Crippen molar-refractivity contribution in [2.45, 2.75) is 111 Å². The van der Waals surface area contributed by atoms with Crippen LogP contribution in [-0.2, 0) is 19.1 Å². The summed E-state index contributed by atoms with van der Waals surface area (Å²) in [6, 6.07) is 5.96. The molecular weight excluding hydrogens is 681 g/mol. The van der Waals surface area contributed by atoms with Gasteiger partial charge in [0.2, 0.25) is 17.7 Å². The quantitative estimate of drug-likeness (QED) is 0.317. The van der Waals surface area contributed by atoms with Crippen LogP contribution in [0.3, 0.4) is 0 Å². The Labute approximate surface area is 312 Å². The van der Waals surface area contributed by atoms with Gasteiger partial charge in [-0.3, -0.25) is 19.3 Å². The Balaban J connectivity index is 1.10. The molecule has 1 aromatic carbocycles. The topological polar surface area (TPSA) is 144 Å². The maximum atomic E-state index is 14.1. The van der Waals surface area contributed by atoms with Crippen LogP contribution in [0.15, 0.2) is 29.8 Å². The number of thiazole rings is 1. The standard InChI is InChI=1S/C39H58N6O6S/c1-24(28-9-11-29(12-10-28)33-25(2)40-23-52-33)41-35(48)31-18-30(46)21-45(31)36(49)34(38(3,4)5)42-32(47)22-43-19-27(20-43)17-26-13-15-44(16-14-26)37(50)51-39(6,7)8/h9-12,23-24,26-27,30-31,34,46H,13-22H2,1-8H3,(H,41,48)(H,42,47)/t24?,30-,31+,34?/m1/s1. The minimum Gasteiger partial charge on any atom is -0.444 e. The van der Waals surface area contributed by atoms with E-state index in [0.717, 1.165) is 54.0 Å². The summed E-state index contributed by atoms with van der Waals surface area (Å²) in [4.78, 5) is 64.2. The number of aryl methyl sites for hydroxylation is 1. The van der Waals surface area contributed by atoms with Crippen LogP contribution in [0.2, 0.25) is 0 Å². The molecule has 12 nitrogen and oxygen atoms in total. The first kappa shape index (κ1) is 39.7. The van der Waals surface area contributed by atoms with Crippen molar-refractivity contribution in [2.75, 3.05) is 39.3 Å². The number of β-amino-alcohol motifs (C(OH)–C–C–N with tert-alkyl or cyclic N) is 1. The molecule has 3 aliphatic rings. The smallest absolute Gasteiger partial charge is 0.410 e. The molecule has 13 heteroatoms. The number of hydrogen-bond donors (Lipinski definition) is 3. The molecule has 3 fully saturated rings. The number of benzene rings is 1. The minimum absolute atomic E-state index is 0.0289. The third-order valence-corrected chi connectivity index (χ3v) is 11.4. The van der Waals surface area contributed by atoms with Crippen molar-refractivity contribution in [3.8, 4) is 10.4 Å². The number of piperidine rings is 1. The zero-order valence-electron chi connectivity index (χ0n) is 32.1. The number of rotatable bonds is 10. The molecule has 1 aromatic heterocycles. The first-order valence-corrected chi connectivity index (χ1v) is 19.5. The van der Waals surface area contributed by atoms with Gasteiger partial charge >= 0.3 is 6.09 Å². The van der Waals surface area contributed by atoms with E-state index in [0.29, 0.717) is 24.9 Å². The van der Waals surface area contributed by atoms with E-state index in [-0.39, 0.29) is 49.4 Å². The number of nitrogens with zero attached hydrogens (tertiary/aromatic N) is 4. The Morgan fingerprint density at radius 2 is 1.63 bits per heavy atom. The van der Waals surface area contributed by atoms with Gasteiger partial charge in [-0.2, -0.15) is 0 Å². The van der Waals surface area contributed by atoms with Gasteiger partial charge in [-0.25, -0.2) is 9.78 Å². The van der Waals surface area contributed by atoms with E-state index in [1.54, 1.807) is 16.2 Å². The molecule has 0 bridgehead atoms. The number of hydrogen-bond acceptors (Lipinski definition) is 9. The summed E-state index contributed by atoms with van der Waals surface area (Å²) in [6.07, 6.45) is 2.03. The first-order chi connectivity index (χ1) is 24.4. The number of aromatic nitrogens is 1. The van der Waals surface area contributed by atoms with Crippen molar-refractivity contribution < 1.29 is 29.0 Å². The summed E-state index contributed by atoms with van der Waals surface area (Å²) in [6.45, 7) is 18.5. The van der Waals surface area contributed by atoms with Crippen LogP contribution in [0.1, 0.15) is 91.4 Å². The SMILES string of the molecule is Cc1ncsc1-c1ccc(C(C)NC(=O)[C@@H]2C[C@@H](O)CN2C(=O)C(NC(=O)CN2CC(CC3CCN(C(=O)OC(C)(C)C)CC3)C2)C(C)(C)C)cc1. The van der Waals surface area contributed by atoms with E-state index >= 15 is 0 Å². The van der Waals surface area contributed by atoms with E-state index in [2.05, 4.69) is 20.5 Å². The van der Waals surface area contributed by atoms with Crippen molar-refractivity contribution in [1.82, 2.24) is 30.3 Å². The van der Waals surface area contributed by atoms with Crippen molar-refractivity contribution >= 4 is 35.2 Å². The molecule has 52 heavy (non-hydrogen) atoms. The van der Waals surface area contributed by atoms with Gasteiger partial charge in [-0.05, 0) is 82.3 Å². The van der Waals surface area contributed by atoms with Crippen LogP contribution in [0.4, 0.5) is 4.79 Å². The van der Waals surface area contributed by atoms with Gasteiger partial charge in [0.15, 0.2) is 0 Å². The highest BCUT2D eigenvalue weighted by atomic mass is 32.1. The Hall–Kier alpha value is -3.55. The number of nitrogens with one attached hydrogen (secondary N) is 2. The average molecular weight is 739 g/mol. The summed E-state index contributed by atoms with van der Waals surface area (Å²) in [5.41, 5.74) is 3.67. The molecule has 3 aliphatic heterocycles. The molecule has 5 rings (SSSR count). The fraction of sp³-hybridized carbons (Fsp3) is 0.667. The lowest BCUT2D eigenvalue weighted by atomic mass is 9.83. The Kier molecular flexibility index (Phi) is 12.4. The van der Waals surface area contributed by atoms with Crippen LogP contribution in [0.25, 0.3) is 10.4 Å². The summed E-state index contributed by atoms with van der Waals surface area (Å²) in [7, 11) is 0. The number of carbonyl (C=O) groups excluding carboxylic acids is 4. The highest BCUT2D eigenvalue weighted by molar-refractivity contribution is 7.13. The maximum Gasteiger partial charge on any atom is 0.410 e. The van der Waals surface area contributed by atoms with Crippen LogP contribution >= 0.6 is 11.3 Å². The van der Waals surface area contributed by atoms with Crippen molar-refractivity contribution in [3.63, 3.8) is 0 Å². The van der Waals surface area contributed by atoms with E-state index in [4.69, 9.17) is 4.74 Å². The molecule has 0 radical (unpaired) electrons. The predicted octanol–water partition coefficient (Wildman–Crippen LogP) is 4.76. The zero-order valence-corrected chi connectivity index (χ0v) is 32.9. The fourth-order valence-electron chi connectivity index (χ4n) is 7.53. The predicted molar refractivity (Wildman–Crippen MR) is 201 cm³/mol. The van der Waals surface area contributed by atoms with Crippen molar-refractivity contribution in [1.29, 1.82) is 0 Å². The van der Waals surface area contributed by atoms with Gasteiger partial charge in [0.1, 0.15) is 17.7 Å². The lowest BCUT2D eigenvalue weighted by molar-refractivity contribution is -0.144. The lowest BCUT2D eigenvalue weighted by Gasteiger charge is -2.42. The van der Waals surface area contributed by atoms with Crippen LogP contribution in [0.5, 0.6) is 0 Å². The second-order valence-electron chi connectivity index (χ2n) is 17.1. The van der Waals surface area contributed by atoms with Gasteiger partial charge in [-0.1, -0.05) is 45.0 Å². The number of aliphatic hydroxyl groups excluding tert-OH is 1. The van der Waals surface area contributed by atoms with Crippen molar-refractivity contribution in [2.24, 2.45) is 17.3 Å². The van der Waals surface area contributed by atoms with E-state index in [1.807, 2.05) is 85.2 Å². The van der Waals surface area contributed by atoms with Gasteiger partial charge in [0.25, 0.3) is 0 Å². The first-order valence-electron chi connectivity index (χ1n) is 18.7. The van der Waals surface area contributed by atoms with Gasteiger partial charge in [-0.15, -0.1) is 11.3 Å². The molecule has 4 atom stereocenters. The third kappa shape index (κ3) is 10.1. The van der Waals surface area contributed by atoms with E-state index in [1.165, 1.54) is 4.90 Å². The Morgan fingerprint density at radius 1 is 0.981 bits per heavy atom. The van der Waals surface area contributed by atoms with Gasteiger partial charge in [0, 0.05) is 39.1 Å². The highest BCUT2D eigenvalue weighted by Crippen LogP contribution is 2.32. The second kappa shape index (κ2) is 16.2. The van der Waals surface area contributed by atoms with Crippen LogP contribution < -0.4 is 10.6 Å². The normalized spacial score (nSPS) is 21.7. The molecule has 0 spiro atoms. The lowest BCUT2D eigenvalue weighted by Crippen LogP contribution is -2.60. The maximum absolute atomic E-state index is 14.1. The molecule has 2 unspecified atom stereocenters. The fourth-order valence-corrected chi connectivity index (χ4v) is 8.34. The summed E-state index contributed by atoms with van der Waals surface area (Å²) in [5.74, 6) is 0.114. The molecule has 3 N–H and O–H groups in total. The van der Waals surface area contributed by atoms with E-state index < -0.39 is 29.2 Å².